The van der Waals surface area contributed by atoms with E-state index in [1.165, 1.54) is 5.56 Å². The van der Waals surface area contributed by atoms with E-state index in [4.69, 9.17) is 19.4 Å². The van der Waals surface area contributed by atoms with Crippen LogP contribution in [0.1, 0.15) is 42.1 Å². The van der Waals surface area contributed by atoms with Gasteiger partial charge in [0.2, 0.25) is 11.8 Å². The quantitative estimate of drug-likeness (QED) is 0.538. The fourth-order valence-corrected chi connectivity index (χ4v) is 4.41. The lowest BCUT2D eigenvalue weighted by Crippen LogP contribution is -2.41. The SMILES string of the molecule is Cc1ccc(Oc2nc(N3CCOCC3)nc3c2CN(C(=O)Nc2ccc(C(C)C)cc2)CC3)cc1. The molecular weight excluding hydrogens is 454 g/mol. The average Bonchev–Trinajstić information content (AvgIpc) is 2.90. The number of ether oxygens (including phenoxy) is 2. The van der Waals surface area contributed by atoms with Gasteiger partial charge in [0.05, 0.1) is 31.0 Å². The third kappa shape index (κ3) is 5.44. The Bertz CT molecular complexity index is 1210. The van der Waals surface area contributed by atoms with Crippen LogP contribution in [0.4, 0.5) is 16.4 Å². The van der Waals surface area contributed by atoms with Gasteiger partial charge in [-0.3, -0.25) is 0 Å². The van der Waals surface area contributed by atoms with Crippen LogP contribution in [-0.2, 0) is 17.7 Å². The van der Waals surface area contributed by atoms with Gasteiger partial charge >= 0.3 is 6.03 Å². The Morgan fingerprint density at radius 2 is 1.72 bits per heavy atom. The molecule has 0 radical (unpaired) electrons. The summed E-state index contributed by atoms with van der Waals surface area (Å²) in [5, 5.41) is 3.03. The number of nitrogens with zero attached hydrogens (tertiary/aromatic N) is 4. The molecule has 2 amide bonds. The van der Waals surface area contributed by atoms with Crippen molar-refractivity contribution >= 4 is 17.7 Å². The summed E-state index contributed by atoms with van der Waals surface area (Å²) in [4.78, 5) is 26.7. The van der Waals surface area contributed by atoms with E-state index in [2.05, 4.69) is 36.2 Å². The Morgan fingerprint density at radius 3 is 2.42 bits per heavy atom. The minimum Gasteiger partial charge on any atom is -0.438 e. The molecular formula is C28H33N5O3. The molecule has 2 aliphatic rings. The topological polar surface area (TPSA) is 79.8 Å². The number of hydrogen-bond donors (Lipinski definition) is 1. The molecule has 0 bridgehead atoms. The summed E-state index contributed by atoms with van der Waals surface area (Å²) in [7, 11) is 0. The number of hydrogen-bond acceptors (Lipinski definition) is 6. The van der Waals surface area contributed by atoms with Gasteiger partial charge in [0.15, 0.2) is 0 Å². The van der Waals surface area contributed by atoms with Gasteiger partial charge in [0.25, 0.3) is 0 Å². The largest absolute Gasteiger partial charge is 0.438 e. The first-order valence-corrected chi connectivity index (χ1v) is 12.6. The van der Waals surface area contributed by atoms with Crippen molar-refractivity contribution in [2.24, 2.45) is 0 Å². The van der Waals surface area contributed by atoms with Crippen LogP contribution < -0.4 is 15.0 Å². The average molecular weight is 488 g/mol. The number of fused-ring (bicyclic) bond motifs is 1. The Hall–Kier alpha value is -3.65. The van der Waals surface area contributed by atoms with Crippen molar-refractivity contribution in [3.63, 3.8) is 0 Å². The first kappa shape index (κ1) is 24.1. The highest BCUT2D eigenvalue weighted by Gasteiger charge is 2.28. The second-order valence-corrected chi connectivity index (χ2v) is 9.65. The molecule has 2 aromatic carbocycles. The van der Waals surface area contributed by atoms with E-state index >= 15 is 0 Å². The predicted molar refractivity (Wildman–Crippen MR) is 140 cm³/mol. The van der Waals surface area contributed by atoms with E-state index in [0.717, 1.165) is 35.6 Å². The molecule has 0 saturated carbocycles. The second-order valence-electron chi connectivity index (χ2n) is 9.65. The van der Waals surface area contributed by atoms with Gasteiger partial charge < -0.3 is 24.6 Å². The monoisotopic (exact) mass is 487 g/mol. The van der Waals surface area contributed by atoms with E-state index in [0.29, 0.717) is 56.2 Å². The van der Waals surface area contributed by atoms with Crippen LogP contribution >= 0.6 is 0 Å². The van der Waals surface area contributed by atoms with Gasteiger partial charge in [-0.05, 0) is 42.7 Å². The Labute approximate surface area is 212 Å². The van der Waals surface area contributed by atoms with Crippen molar-refractivity contribution in [1.82, 2.24) is 14.9 Å². The summed E-state index contributed by atoms with van der Waals surface area (Å²) in [6.45, 7) is 10.1. The molecule has 1 aromatic heterocycles. The highest BCUT2D eigenvalue weighted by molar-refractivity contribution is 5.89. The van der Waals surface area contributed by atoms with Gasteiger partial charge in [0.1, 0.15) is 5.75 Å². The van der Waals surface area contributed by atoms with E-state index in [1.54, 1.807) is 4.90 Å². The smallest absolute Gasteiger partial charge is 0.322 e. The molecule has 1 saturated heterocycles. The number of aryl methyl sites for hydroxylation is 1. The number of carbonyl (C=O) groups is 1. The third-order valence-electron chi connectivity index (χ3n) is 6.66. The maximum atomic E-state index is 13.1. The van der Waals surface area contributed by atoms with Gasteiger partial charge in [-0.1, -0.05) is 43.7 Å². The normalized spacial score (nSPS) is 15.6. The fraction of sp³-hybridized carbons (Fsp3) is 0.393. The molecule has 8 heteroatoms. The van der Waals surface area contributed by atoms with Crippen LogP contribution in [0, 0.1) is 6.92 Å². The zero-order valence-corrected chi connectivity index (χ0v) is 21.2. The van der Waals surface area contributed by atoms with Crippen molar-refractivity contribution in [3.8, 4) is 11.6 Å². The molecule has 5 rings (SSSR count). The highest BCUT2D eigenvalue weighted by Crippen LogP contribution is 2.32. The maximum Gasteiger partial charge on any atom is 0.322 e. The molecule has 3 aromatic rings. The number of aromatic nitrogens is 2. The molecule has 1 N–H and O–H groups in total. The van der Waals surface area contributed by atoms with Gasteiger partial charge in [-0.2, -0.15) is 4.98 Å². The third-order valence-corrected chi connectivity index (χ3v) is 6.66. The van der Waals surface area contributed by atoms with Crippen molar-refractivity contribution in [3.05, 3.63) is 70.9 Å². The molecule has 1 fully saturated rings. The fourth-order valence-electron chi connectivity index (χ4n) is 4.41. The molecule has 188 valence electrons. The van der Waals surface area contributed by atoms with Crippen molar-refractivity contribution in [1.29, 1.82) is 0 Å². The summed E-state index contributed by atoms with van der Waals surface area (Å²) in [6, 6.07) is 15.8. The number of anilines is 2. The number of amides is 2. The van der Waals surface area contributed by atoms with Crippen molar-refractivity contribution in [2.75, 3.05) is 43.1 Å². The van der Waals surface area contributed by atoms with E-state index in [9.17, 15) is 4.79 Å². The first-order chi connectivity index (χ1) is 17.5. The Balaban J connectivity index is 1.38. The standard InChI is InChI=1S/C28H33N5O3/c1-19(2)21-6-8-22(9-7-21)29-28(34)33-13-12-25-24(18-33)26(36-23-10-4-20(3)5-11-23)31-27(30-25)32-14-16-35-17-15-32/h4-11,19H,12-18H2,1-3H3,(H,29,34). The summed E-state index contributed by atoms with van der Waals surface area (Å²) in [5.41, 5.74) is 4.96. The van der Waals surface area contributed by atoms with Crippen LogP contribution in [0.25, 0.3) is 0 Å². The maximum absolute atomic E-state index is 13.1. The molecule has 0 unspecified atom stereocenters. The molecule has 0 spiro atoms. The molecule has 3 heterocycles. The molecule has 0 atom stereocenters. The van der Waals surface area contributed by atoms with Crippen LogP contribution in [0.3, 0.4) is 0 Å². The number of nitrogens with one attached hydrogen (secondary N) is 1. The number of rotatable bonds is 5. The zero-order chi connectivity index (χ0) is 25.1. The minimum atomic E-state index is -0.142. The van der Waals surface area contributed by atoms with Gasteiger partial charge in [-0.15, -0.1) is 0 Å². The van der Waals surface area contributed by atoms with Crippen LogP contribution in [0.5, 0.6) is 11.6 Å². The number of benzene rings is 2. The summed E-state index contributed by atoms with van der Waals surface area (Å²) in [5.74, 6) is 2.32. The lowest BCUT2D eigenvalue weighted by Gasteiger charge is -2.32. The van der Waals surface area contributed by atoms with Crippen LogP contribution in [0.2, 0.25) is 0 Å². The summed E-state index contributed by atoms with van der Waals surface area (Å²) < 4.78 is 11.8. The lowest BCUT2D eigenvalue weighted by atomic mass is 10.0. The van der Waals surface area contributed by atoms with E-state index < -0.39 is 0 Å². The van der Waals surface area contributed by atoms with Crippen molar-refractivity contribution in [2.45, 2.75) is 39.7 Å². The number of carbonyl (C=O) groups excluding carboxylic acids is 1. The zero-order valence-electron chi connectivity index (χ0n) is 21.2. The second kappa shape index (κ2) is 10.5. The lowest BCUT2D eigenvalue weighted by molar-refractivity contribution is 0.122. The molecule has 2 aliphatic heterocycles. The first-order valence-electron chi connectivity index (χ1n) is 12.6. The summed E-state index contributed by atoms with van der Waals surface area (Å²) >= 11 is 0. The predicted octanol–water partition coefficient (Wildman–Crippen LogP) is 5.13. The summed E-state index contributed by atoms with van der Waals surface area (Å²) in [6.07, 6.45) is 0.638. The van der Waals surface area contributed by atoms with Crippen molar-refractivity contribution < 1.29 is 14.3 Å². The minimum absolute atomic E-state index is 0.142. The van der Waals surface area contributed by atoms with Crippen LogP contribution in [-0.4, -0.2) is 53.7 Å². The molecule has 36 heavy (non-hydrogen) atoms. The highest BCUT2D eigenvalue weighted by atomic mass is 16.5. The number of urea groups is 1. The number of morpholine rings is 1. The van der Waals surface area contributed by atoms with Gasteiger partial charge in [0, 0.05) is 31.7 Å². The Morgan fingerprint density at radius 1 is 1.00 bits per heavy atom. The van der Waals surface area contributed by atoms with E-state index in [1.807, 2.05) is 43.3 Å². The van der Waals surface area contributed by atoms with Crippen LogP contribution in [0.15, 0.2) is 48.5 Å². The van der Waals surface area contributed by atoms with E-state index in [-0.39, 0.29) is 6.03 Å². The Kier molecular flexibility index (Phi) is 7.04. The molecule has 0 aliphatic carbocycles. The molecule has 8 nitrogen and oxygen atoms in total. The van der Waals surface area contributed by atoms with Gasteiger partial charge in [-0.25, -0.2) is 9.78 Å².